The van der Waals surface area contributed by atoms with E-state index in [-0.39, 0.29) is 5.78 Å². The van der Waals surface area contributed by atoms with Gasteiger partial charge in [-0.25, -0.2) is 4.98 Å². The Bertz CT molecular complexity index is 327. The van der Waals surface area contributed by atoms with Crippen LogP contribution in [0.3, 0.4) is 0 Å². The highest BCUT2D eigenvalue weighted by Gasteiger charge is 2.16. The second-order valence-electron chi connectivity index (χ2n) is 3.14. The summed E-state index contributed by atoms with van der Waals surface area (Å²) in [5, 5.41) is 6.24. The van der Waals surface area contributed by atoms with E-state index < -0.39 is 0 Å². The molecule has 0 saturated carbocycles. The largest absolute Gasteiger partial charge is 0.285 e. The molecule has 0 aromatic carbocycles. The molecule has 1 aromatic rings. The van der Waals surface area contributed by atoms with Crippen molar-refractivity contribution < 1.29 is 4.79 Å². The van der Waals surface area contributed by atoms with Gasteiger partial charge < -0.3 is 0 Å². The van der Waals surface area contributed by atoms with Gasteiger partial charge in [0, 0.05) is 0 Å². The van der Waals surface area contributed by atoms with Gasteiger partial charge in [0.1, 0.15) is 6.33 Å². The molecule has 4 heteroatoms. The number of ketones is 1. The van der Waals surface area contributed by atoms with Crippen LogP contribution in [0.1, 0.15) is 36.3 Å². The van der Waals surface area contributed by atoms with Gasteiger partial charge in [0.15, 0.2) is 5.82 Å². The molecular formula is C9H11N3O. The Balaban J connectivity index is 2.17. The van der Waals surface area contributed by atoms with Crippen molar-refractivity contribution in [3.63, 3.8) is 0 Å². The summed E-state index contributed by atoms with van der Waals surface area (Å²) in [5.41, 5.74) is 0.878. The van der Waals surface area contributed by atoms with Crippen LogP contribution in [0.2, 0.25) is 0 Å². The summed E-state index contributed by atoms with van der Waals surface area (Å²) in [7, 11) is 0. The van der Waals surface area contributed by atoms with Crippen molar-refractivity contribution in [3.05, 3.63) is 23.8 Å². The van der Waals surface area contributed by atoms with Gasteiger partial charge in [-0.2, -0.15) is 5.10 Å². The standard InChI is InChI=1S/C9H11N3O/c13-8(9-10-6-11-12-9)7-4-2-1-3-5-7/h4,6H,1-3,5H2,(H,10,11,12). The van der Waals surface area contributed by atoms with Gasteiger partial charge in [0.2, 0.25) is 5.78 Å². The minimum absolute atomic E-state index is 0.00259. The lowest BCUT2D eigenvalue weighted by Gasteiger charge is -2.09. The third-order valence-electron chi connectivity index (χ3n) is 2.21. The Morgan fingerprint density at radius 1 is 1.46 bits per heavy atom. The number of carbonyl (C=O) groups excluding carboxylic acids is 1. The van der Waals surface area contributed by atoms with Crippen molar-refractivity contribution in [2.24, 2.45) is 0 Å². The fourth-order valence-electron chi connectivity index (χ4n) is 1.51. The molecule has 0 fully saturated rings. The van der Waals surface area contributed by atoms with Gasteiger partial charge in [-0.15, -0.1) is 0 Å². The maximum absolute atomic E-state index is 11.7. The molecule has 0 atom stereocenters. The first kappa shape index (κ1) is 8.16. The van der Waals surface area contributed by atoms with Gasteiger partial charge in [-0.3, -0.25) is 9.89 Å². The van der Waals surface area contributed by atoms with Gasteiger partial charge in [-0.1, -0.05) is 6.08 Å². The maximum Gasteiger partial charge on any atom is 0.225 e. The van der Waals surface area contributed by atoms with Gasteiger partial charge in [0.25, 0.3) is 0 Å². The van der Waals surface area contributed by atoms with Gasteiger partial charge in [0.05, 0.1) is 0 Å². The molecule has 0 saturated heterocycles. The maximum atomic E-state index is 11.7. The van der Waals surface area contributed by atoms with Crippen molar-refractivity contribution in [2.75, 3.05) is 0 Å². The second kappa shape index (κ2) is 3.51. The van der Waals surface area contributed by atoms with Crippen LogP contribution >= 0.6 is 0 Å². The molecule has 1 aromatic heterocycles. The molecule has 2 rings (SSSR count). The van der Waals surface area contributed by atoms with E-state index in [1.54, 1.807) is 0 Å². The normalized spacial score (nSPS) is 16.8. The summed E-state index contributed by atoms with van der Waals surface area (Å²) in [5.74, 6) is 0.352. The highest BCUT2D eigenvalue weighted by atomic mass is 16.1. The van der Waals surface area contributed by atoms with Crippen LogP contribution < -0.4 is 0 Å². The van der Waals surface area contributed by atoms with Crippen LogP contribution in [-0.2, 0) is 0 Å². The lowest BCUT2D eigenvalue weighted by molar-refractivity contribution is 0.101. The van der Waals surface area contributed by atoms with Gasteiger partial charge in [-0.05, 0) is 31.3 Å². The molecule has 0 radical (unpaired) electrons. The number of Topliss-reactive ketones (excluding diaryl/α,β-unsaturated/α-hetero) is 1. The average molecular weight is 177 g/mol. The van der Waals surface area contributed by atoms with Crippen LogP contribution in [0.15, 0.2) is 18.0 Å². The predicted molar refractivity (Wildman–Crippen MR) is 47.3 cm³/mol. The molecule has 0 unspecified atom stereocenters. The zero-order valence-corrected chi connectivity index (χ0v) is 7.29. The summed E-state index contributed by atoms with van der Waals surface area (Å²) < 4.78 is 0. The van der Waals surface area contributed by atoms with E-state index in [9.17, 15) is 4.79 Å². The monoisotopic (exact) mass is 177 g/mol. The fourth-order valence-corrected chi connectivity index (χ4v) is 1.51. The van der Waals surface area contributed by atoms with E-state index in [4.69, 9.17) is 0 Å². The molecule has 1 N–H and O–H groups in total. The van der Waals surface area contributed by atoms with E-state index >= 15 is 0 Å². The first-order valence-corrected chi connectivity index (χ1v) is 4.47. The molecule has 68 valence electrons. The lowest BCUT2D eigenvalue weighted by atomic mass is 9.96. The Morgan fingerprint density at radius 3 is 3.00 bits per heavy atom. The average Bonchev–Trinajstić information content (AvgIpc) is 2.71. The van der Waals surface area contributed by atoms with E-state index in [1.165, 1.54) is 12.7 Å². The smallest absolute Gasteiger partial charge is 0.225 e. The van der Waals surface area contributed by atoms with E-state index in [2.05, 4.69) is 15.2 Å². The van der Waals surface area contributed by atoms with E-state index in [1.807, 2.05) is 6.08 Å². The second-order valence-corrected chi connectivity index (χ2v) is 3.14. The zero-order chi connectivity index (χ0) is 9.10. The summed E-state index contributed by atoms with van der Waals surface area (Å²) >= 11 is 0. The molecule has 4 nitrogen and oxygen atoms in total. The Hall–Kier alpha value is -1.45. The molecular weight excluding hydrogens is 166 g/mol. The Morgan fingerprint density at radius 2 is 2.38 bits per heavy atom. The number of carbonyl (C=O) groups is 1. The molecule has 0 bridgehead atoms. The molecule has 1 heterocycles. The number of aromatic amines is 1. The quantitative estimate of drug-likeness (QED) is 0.696. The number of allylic oxidation sites excluding steroid dienone is 2. The fraction of sp³-hybridized carbons (Fsp3) is 0.444. The van der Waals surface area contributed by atoms with Crippen molar-refractivity contribution in [1.82, 2.24) is 15.2 Å². The SMILES string of the molecule is O=C(C1=CCCCC1)c1ncn[nH]1. The van der Waals surface area contributed by atoms with Crippen molar-refractivity contribution in [1.29, 1.82) is 0 Å². The van der Waals surface area contributed by atoms with Crippen LogP contribution in [0.4, 0.5) is 0 Å². The molecule has 1 aliphatic carbocycles. The number of hydrogen-bond acceptors (Lipinski definition) is 3. The van der Waals surface area contributed by atoms with E-state index in [0.29, 0.717) is 5.82 Å². The summed E-state index contributed by atoms with van der Waals surface area (Å²) in [6, 6.07) is 0. The molecule has 13 heavy (non-hydrogen) atoms. The summed E-state index contributed by atoms with van der Waals surface area (Å²) in [4.78, 5) is 15.5. The molecule has 0 amide bonds. The minimum atomic E-state index is -0.00259. The number of aromatic nitrogens is 3. The third kappa shape index (κ3) is 1.66. The minimum Gasteiger partial charge on any atom is -0.285 e. The van der Waals surface area contributed by atoms with E-state index in [0.717, 1.165) is 24.8 Å². The Kier molecular flexibility index (Phi) is 2.21. The predicted octanol–water partition coefficient (Wildman–Crippen LogP) is 1.49. The lowest BCUT2D eigenvalue weighted by Crippen LogP contribution is -2.08. The molecule has 1 aliphatic rings. The van der Waals surface area contributed by atoms with Crippen molar-refractivity contribution >= 4 is 5.78 Å². The van der Waals surface area contributed by atoms with Crippen LogP contribution in [0.25, 0.3) is 0 Å². The summed E-state index contributed by atoms with van der Waals surface area (Å²) in [6.07, 6.45) is 7.54. The van der Waals surface area contributed by atoms with Crippen molar-refractivity contribution in [2.45, 2.75) is 25.7 Å². The van der Waals surface area contributed by atoms with Crippen LogP contribution in [-0.4, -0.2) is 21.0 Å². The van der Waals surface area contributed by atoms with Crippen LogP contribution in [0, 0.1) is 0 Å². The number of nitrogens with zero attached hydrogens (tertiary/aromatic N) is 2. The van der Waals surface area contributed by atoms with Crippen molar-refractivity contribution in [3.8, 4) is 0 Å². The topological polar surface area (TPSA) is 58.6 Å². The number of nitrogens with one attached hydrogen (secondary N) is 1. The molecule has 0 spiro atoms. The van der Waals surface area contributed by atoms with Gasteiger partial charge >= 0.3 is 0 Å². The number of hydrogen-bond donors (Lipinski definition) is 1. The first-order valence-electron chi connectivity index (χ1n) is 4.47. The Labute approximate surface area is 76.1 Å². The number of rotatable bonds is 2. The third-order valence-corrected chi connectivity index (χ3v) is 2.21. The summed E-state index contributed by atoms with van der Waals surface area (Å²) in [6.45, 7) is 0. The first-order chi connectivity index (χ1) is 6.38. The molecule has 0 aliphatic heterocycles. The zero-order valence-electron chi connectivity index (χ0n) is 7.29. The highest BCUT2D eigenvalue weighted by Crippen LogP contribution is 2.19. The number of H-pyrrole nitrogens is 1. The van der Waals surface area contributed by atoms with Crippen LogP contribution in [0.5, 0.6) is 0 Å². The highest BCUT2D eigenvalue weighted by molar-refractivity contribution is 6.06.